The molecule has 0 bridgehead atoms. The van der Waals surface area contributed by atoms with Crippen LogP contribution < -0.4 is 0 Å². The maximum absolute atomic E-state index is 12.6. The number of nitrogens with zero attached hydrogens (tertiary/aromatic N) is 1. The van der Waals surface area contributed by atoms with Crippen molar-refractivity contribution in [2.24, 2.45) is 5.41 Å². The molecule has 0 spiro atoms. The molecule has 0 aromatic carbocycles. The maximum atomic E-state index is 12.6. The first-order valence-corrected chi connectivity index (χ1v) is 8.25. The van der Waals surface area contributed by atoms with Crippen LogP contribution in [0.1, 0.15) is 48.0 Å². The lowest BCUT2D eigenvalue weighted by Gasteiger charge is -2.35. The monoisotopic (exact) mass is 315 g/mol. The summed E-state index contributed by atoms with van der Waals surface area (Å²) < 4.78 is 5.03. The summed E-state index contributed by atoms with van der Waals surface area (Å²) in [4.78, 5) is 37.9. The molecule has 0 aliphatic carbocycles. The Morgan fingerprint density at radius 2 is 1.86 bits per heavy atom. The first-order valence-electron chi connectivity index (χ1n) is 7.27. The number of ketones is 1. The van der Waals surface area contributed by atoms with Gasteiger partial charge in [0.05, 0.1) is 11.5 Å². The van der Waals surface area contributed by atoms with E-state index in [1.54, 1.807) is 20.8 Å². The Kier molecular flexibility index (Phi) is 5.47. The molecule has 120 valence electrons. The molecule has 0 aromatic rings. The molecule has 0 saturated carbocycles. The molecule has 0 N–H and O–H groups in total. The molecule has 21 heavy (non-hydrogen) atoms. The largest absolute Gasteiger partial charge is 0.464 e. The number of esters is 1. The van der Waals surface area contributed by atoms with Crippen molar-refractivity contribution < 1.29 is 19.1 Å². The van der Waals surface area contributed by atoms with Crippen LogP contribution in [0, 0.1) is 5.41 Å². The molecule has 0 radical (unpaired) electrons. The molecule has 6 heteroatoms. The van der Waals surface area contributed by atoms with Crippen molar-refractivity contribution in [3.8, 4) is 0 Å². The molecule has 1 aliphatic heterocycles. The van der Waals surface area contributed by atoms with Crippen molar-refractivity contribution in [1.29, 1.82) is 0 Å². The number of hydrogen-bond donors (Lipinski definition) is 0. The minimum Gasteiger partial charge on any atom is -0.464 e. The minimum absolute atomic E-state index is 0.261. The molecular formula is C15H25NO4S. The Morgan fingerprint density at radius 1 is 1.29 bits per heavy atom. The van der Waals surface area contributed by atoms with Crippen LogP contribution in [0.5, 0.6) is 0 Å². The van der Waals surface area contributed by atoms with Gasteiger partial charge in [-0.2, -0.15) is 0 Å². The Balaban J connectivity index is 3.06. The summed E-state index contributed by atoms with van der Waals surface area (Å²) in [5.74, 6) is -1.02. The molecule has 1 saturated heterocycles. The lowest BCUT2D eigenvalue weighted by atomic mass is 9.84. The van der Waals surface area contributed by atoms with Crippen LogP contribution in [0.25, 0.3) is 0 Å². The Hall–Kier alpha value is -1.04. The SMILES string of the molecule is CCOC(=O)[C@@H]1CSC(C)(C)N1C(=O)C(=O)C(C)(C)CC. The van der Waals surface area contributed by atoms with E-state index in [1.165, 1.54) is 16.7 Å². The van der Waals surface area contributed by atoms with E-state index in [4.69, 9.17) is 4.74 Å². The van der Waals surface area contributed by atoms with Gasteiger partial charge in [-0.05, 0) is 27.2 Å². The fourth-order valence-electron chi connectivity index (χ4n) is 2.16. The van der Waals surface area contributed by atoms with E-state index in [0.29, 0.717) is 12.2 Å². The minimum atomic E-state index is -0.723. The first kappa shape index (κ1) is 18.0. The molecular weight excluding hydrogens is 290 g/mol. The number of amides is 1. The predicted octanol–water partition coefficient (Wildman–Crippen LogP) is 2.23. The third kappa shape index (κ3) is 3.59. The summed E-state index contributed by atoms with van der Waals surface area (Å²) in [6.45, 7) is 11.1. The van der Waals surface area contributed by atoms with Gasteiger partial charge in [0.1, 0.15) is 6.04 Å². The van der Waals surface area contributed by atoms with Gasteiger partial charge >= 0.3 is 5.97 Å². The number of thioether (sulfide) groups is 1. The van der Waals surface area contributed by atoms with E-state index in [2.05, 4.69) is 0 Å². The quantitative estimate of drug-likeness (QED) is 0.575. The second kappa shape index (κ2) is 6.38. The van der Waals surface area contributed by atoms with Crippen molar-refractivity contribution >= 4 is 29.4 Å². The summed E-state index contributed by atoms with van der Waals surface area (Å²) in [6.07, 6.45) is 0.572. The third-order valence-corrected chi connectivity index (χ3v) is 5.34. The summed E-state index contributed by atoms with van der Waals surface area (Å²) >= 11 is 1.49. The zero-order chi connectivity index (χ0) is 16.4. The highest BCUT2D eigenvalue weighted by Gasteiger charge is 2.50. The van der Waals surface area contributed by atoms with Crippen LogP contribution >= 0.6 is 11.8 Å². The van der Waals surface area contributed by atoms with Crippen LogP contribution in [0.4, 0.5) is 0 Å². The summed E-state index contributed by atoms with van der Waals surface area (Å²) in [5, 5.41) is 0. The van der Waals surface area contributed by atoms with Crippen molar-refractivity contribution in [3.63, 3.8) is 0 Å². The zero-order valence-corrected chi connectivity index (χ0v) is 14.5. The van der Waals surface area contributed by atoms with Gasteiger partial charge in [0.2, 0.25) is 5.78 Å². The topological polar surface area (TPSA) is 63.7 Å². The molecule has 1 amide bonds. The van der Waals surface area contributed by atoms with Crippen LogP contribution in [0.15, 0.2) is 0 Å². The number of ether oxygens (including phenoxy) is 1. The van der Waals surface area contributed by atoms with Crippen LogP contribution in [-0.2, 0) is 19.1 Å². The average molecular weight is 315 g/mol. The Bertz CT molecular complexity index is 445. The second-order valence-corrected chi connectivity index (χ2v) is 7.89. The summed E-state index contributed by atoms with van der Waals surface area (Å²) in [7, 11) is 0. The van der Waals surface area contributed by atoms with Crippen molar-refractivity contribution in [1.82, 2.24) is 4.90 Å². The number of rotatable bonds is 5. The van der Waals surface area contributed by atoms with Gasteiger partial charge in [-0.1, -0.05) is 20.8 Å². The fraction of sp³-hybridized carbons (Fsp3) is 0.800. The molecule has 5 nitrogen and oxygen atoms in total. The Morgan fingerprint density at radius 3 is 2.33 bits per heavy atom. The number of carbonyl (C=O) groups is 3. The molecule has 1 rings (SSSR count). The van der Waals surface area contributed by atoms with Gasteiger partial charge in [0.15, 0.2) is 0 Å². The lowest BCUT2D eigenvalue weighted by Crippen LogP contribution is -2.54. The second-order valence-electron chi connectivity index (χ2n) is 6.27. The highest BCUT2D eigenvalue weighted by Crippen LogP contribution is 2.40. The molecule has 0 aromatic heterocycles. The molecule has 1 atom stereocenters. The van der Waals surface area contributed by atoms with Crippen LogP contribution in [-0.4, -0.2) is 45.8 Å². The van der Waals surface area contributed by atoms with Gasteiger partial charge in [-0.3, -0.25) is 9.59 Å². The van der Waals surface area contributed by atoms with E-state index < -0.39 is 34.0 Å². The summed E-state index contributed by atoms with van der Waals surface area (Å²) in [5.41, 5.74) is -0.723. The predicted molar refractivity (Wildman–Crippen MR) is 82.9 cm³/mol. The number of Topliss-reactive ketones (excluding diaryl/α,β-unsaturated/α-hetero) is 1. The van der Waals surface area contributed by atoms with Gasteiger partial charge in [0.25, 0.3) is 5.91 Å². The Labute approximate surface area is 130 Å². The number of carbonyl (C=O) groups excluding carboxylic acids is 3. The highest BCUT2D eigenvalue weighted by atomic mass is 32.2. The van der Waals surface area contributed by atoms with E-state index in [-0.39, 0.29) is 6.61 Å². The highest BCUT2D eigenvalue weighted by molar-refractivity contribution is 8.00. The van der Waals surface area contributed by atoms with Crippen molar-refractivity contribution in [3.05, 3.63) is 0 Å². The van der Waals surface area contributed by atoms with Crippen LogP contribution in [0.3, 0.4) is 0 Å². The molecule has 1 aliphatic rings. The van der Waals surface area contributed by atoms with E-state index >= 15 is 0 Å². The van der Waals surface area contributed by atoms with E-state index in [1.807, 2.05) is 20.8 Å². The lowest BCUT2D eigenvalue weighted by molar-refractivity contribution is -0.159. The van der Waals surface area contributed by atoms with Gasteiger partial charge < -0.3 is 9.64 Å². The van der Waals surface area contributed by atoms with Crippen molar-refractivity contribution in [2.45, 2.75) is 58.9 Å². The zero-order valence-electron chi connectivity index (χ0n) is 13.7. The molecule has 1 fully saturated rings. The average Bonchev–Trinajstić information content (AvgIpc) is 2.73. The standard InChI is InChI=1S/C15H25NO4S/c1-7-14(3,4)11(17)12(18)16-10(13(19)20-8-2)9-21-15(16,5)6/h10H,7-9H2,1-6H3/t10-/m0/s1. The normalized spacial score (nSPS) is 21.2. The third-order valence-electron chi connectivity index (χ3n) is 3.96. The molecule has 0 unspecified atom stereocenters. The van der Waals surface area contributed by atoms with Crippen molar-refractivity contribution in [2.75, 3.05) is 12.4 Å². The first-order chi connectivity index (χ1) is 9.58. The number of hydrogen-bond acceptors (Lipinski definition) is 5. The van der Waals surface area contributed by atoms with Crippen LogP contribution in [0.2, 0.25) is 0 Å². The fourth-order valence-corrected chi connectivity index (χ4v) is 3.36. The van der Waals surface area contributed by atoms with E-state index in [0.717, 1.165) is 0 Å². The van der Waals surface area contributed by atoms with E-state index in [9.17, 15) is 14.4 Å². The summed E-state index contributed by atoms with van der Waals surface area (Å²) in [6, 6.07) is -0.686. The van der Waals surface area contributed by atoms with Gasteiger partial charge in [-0.25, -0.2) is 4.79 Å². The van der Waals surface area contributed by atoms with Gasteiger partial charge in [-0.15, -0.1) is 11.8 Å². The van der Waals surface area contributed by atoms with Gasteiger partial charge in [0, 0.05) is 11.2 Å². The smallest absolute Gasteiger partial charge is 0.329 e. The molecule has 1 heterocycles. The maximum Gasteiger partial charge on any atom is 0.329 e.